The zero-order valence-corrected chi connectivity index (χ0v) is 12.5. The van der Waals surface area contributed by atoms with E-state index in [0.717, 1.165) is 37.5 Å². The predicted octanol–water partition coefficient (Wildman–Crippen LogP) is 0.869. The molecule has 112 valence electrons. The molecule has 1 aliphatic heterocycles. The number of aliphatic hydroxyl groups is 1. The zero-order valence-electron chi connectivity index (χ0n) is 12.5. The van der Waals surface area contributed by atoms with Crippen LogP contribution in [0, 0.1) is 0 Å². The number of nitrogens with one attached hydrogen (secondary N) is 1. The molecule has 0 bridgehead atoms. The van der Waals surface area contributed by atoms with Gasteiger partial charge in [-0.3, -0.25) is 0 Å². The summed E-state index contributed by atoms with van der Waals surface area (Å²) in [5.74, 6) is 0.772. The van der Waals surface area contributed by atoms with E-state index >= 15 is 0 Å². The Hall–Kier alpha value is -1.14. The molecule has 0 saturated carbocycles. The molecule has 0 amide bonds. The largest absolute Gasteiger partial charge is 0.497 e. The first-order valence-electron chi connectivity index (χ1n) is 7.12. The third-order valence-electron chi connectivity index (χ3n) is 3.80. The highest BCUT2D eigenvalue weighted by Gasteiger charge is 2.21. The van der Waals surface area contributed by atoms with Crippen LogP contribution in [0.5, 0.6) is 5.75 Å². The van der Waals surface area contributed by atoms with Gasteiger partial charge in [0.1, 0.15) is 5.75 Å². The van der Waals surface area contributed by atoms with Crippen molar-refractivity contribution in [2.24, 2.45) is 0 Å². The van der Waals surface area contributed by atoms with Gasteiger partial charge < -0.3 is 14.7 Å². The molecule has 0 aromatic heterocycles. The highest BCUT2D eigenvalue weighted by atomic mass is 16.5. The Labute approximate surface area is 121 Å². The summed E-state index contributed by atoms with van der Waals surface area (Å²) in [7, 11) is 3.77. The lowest BCUT2D eigenvalue weighted by Gasteiger charge is -2.35. The van der Waals surface area contributed by atoms with Crippen molar-refractivity contribution in [2.45, 2.75) is 19.1 Å². The van der Waals surface area contributed by atoms with E-state index in [1.165, 1.54) is 0 Å². The minimum atomic E-state index is -0.551. The number of rotatable bonds is 5. The van der Waals surface area contributed by atoms with Gasteiger partial charge in [-0.25, -0.2) is 10.4 Å². The van der Waals surface area contributed by atoms with Crippen LogP contribution in [0.15, 0.2) is 24.3 Å². The molecule has 2 atom stereocenters. The number of aliphatic hydroxyl groups excluding tert-OH is 1. The molecule has 0 radical (unpaired) electrons. The first kappa shape index (κ1) is 15.3. The average molecular weight is 279 g/mol. The Kier molecular flexibility index (Phi) is 5.37. The number of piperazine rings is 1. The molecular weight excluding hydrogens is 254 g/mol. The van der Waals surface area contributed by atoms with Crippen LogP contribution in [0.25, 0.3) is 0 Å². The maximum atomic E-state index is 10.4. The number of nitrogens with zero attached hydrogens (tertiary/aromatic N) is 2. The molecule has 0 aliphatic carbocycles. The van der Waals surface area contributed by atoms with Crippen molar-refractivity contribution in [1.29, 1.82) is 0 Å². The van der Waals surface area contributed by atoms with Gasteiger partial charge >= 0.3 is 0 Å². The van der Waals surface area contributed by atoms with Crippen molar-refractivity contribution >= 4 is 0 Å². The van der Waals surface area contributed by atoms with E-state index in [-0.39, 0.29) is 6.04 Å². The van der Waals surface area contributed by atoms with Crippen molar-refractivity contribution in [3.05, 3.63) is 29.8 Å². The summed E-state index contributed by atoms with van der Waals surface area (Å²) in [4.78, 5) is 2.31. The summed E-state index contributed by atoms with van der Waals surface area (Å²) in [6, 6.07) is 7.56. The first-order chi connectivity index (χ1) is 9.60. The molecule has 1 heterocycles. The summed E-state index contributed by atoms with van der Waals surface area (Å²) in [6.07, 6.45) is -0.551. The number of hydrogen-bond acceptors (Lipinski definition) is 5. The number of likely N-dealkylation sites (N-methyl/N-ethyl adjacent to an activating group) is 1. The van der Waals surface area contributed by atoms with Gasteiger partial charge in [0.15, 0.2) is 0 Å². The van der Waals surface area contributed by atoms with Gasteiger partial charge in [0.25, 0.3) is 0 Å². The number of methoxy groups -OCH3 is 1. The molecule has 2 N–H and O–H groups in total. The number of benzene rings is 1. The second kappa shape index (κ2) is 7.04. The minimum absolute atomic E-state index is 0.0366. The van der Waals surface area contributed by atoms with Crippen LogP contribution in [-0.2, 0) is 0 Å². The SMILES string of the molecule is COc1cccc(C(O)C(C)NN2CCN(C)CC2)c1. The third-order valence-corrected chi connectivity index (χ3v) is 3.80. The lowest BCUT2D eigenvalue weighted by atomic mass is 10.0. The highest BCUT2D eigenvalue weighted by molar-refractivity contribution is 5.30. The van der Waals surface area contributed by atoms with Gasteiger partial charge in [0.05, 0.1) is 13.2 Å². The number of hydrazine groups is 1. The Morgan fingerprint density at radius 1 is 1.25 bits per heavy atom. The lowest BCUT2D eigenvalue weighted by molar-refractivity contribution is 0.0437. The van der Waals surface area contributed by atoms with Crippen LogP contribution in [-0.4, -0.2) is 61.4 Å². The zero-order chi connectivity index (χ0) is 14.5. The molecule has 5 nitrogen and oxygen atoms in total. The van der Waals surface area contributed by atoms with Crippen LogP contribution >= 0.6 is 0 Å². The number of hydrogen-bond donors (Lipinski definition) is 2. The smallest absolute Gasteiger partial charge is 0.119 e. The van der Waals surface area contributed by atoms with Crippen LogP contribution in [0.1, 0.15) is 18.6 Å². The van der Waals surface area contributed by atoms with Crippen LogP contribution < -0.4 is 10.2 Å². The van der Waals surface area contributed by atoms with Crippen LogP contribution in [0.4, 0.5) is 0 Å². The Morgan fingerprint density at radius 3 is 2.60 bits per heavy atom. The molecular formula is C15H25N3O2. The third kappa shape index (κ3) is 3.93. The van der Waals surface area contributed by atoms with Gasteiger partial charge in [-0.05, 0) is 31.7 Å². The monoisotopic (exact) mass is 279 g/mol. The maximum absolute atomic E-state index is 10.4. The van der Waals surface area contributed by atoms with Gasteiger partial charge in [-0.1, -0.05) is 12.1 Å². The van der Waals surface area contributed by atoms with E-state index in [1.807, 2.05) is 31.2 Å². The van der Waals surface area contributed by atoms with Gasteiger partial charge in [-0.15, -0.1) is 0 Å². The summed E-state index contributed by atoms with van der Waals surface area (Å²) in [6.45, 7) is 6.06. The van der Waals surface area contributed by atoms with E-state index in [1.54, 1.807) is 7.11 Å². The summed E-state index contributed by atoms with van der Waals surface area (Å²) in [5, 5.41) is 12.6. The van der Waals surface area contributed by atoms with Crippen molar-refractivity contribution in [2.75, 3.05) is 40.3 Å². The van der Waals surface area contributed by atoms with E-state index in [0.29, 0.717) is 0 Å². The standard InChI is InChI=1S/C15H25N3O2/c1-12(16-18-9-7-17(2)8-10-18)15(19)13-5-4-6-14(11-13)20-3/h4-6,11-12,15-16,19H,7-10H2,1-3H3. The molecule has 1 aromatic carbocycles. The van der Waals surface area contributed by atoms with Crippen molar-refractivity contribution < 1.29 is 9.84 Å². The second-order valence-corrected chi connectivity index (χ2v) is 5.43. The lowest BCUT2D eigenvalue weighted by Crippen LogP contribution is -2.54. The molecule has 2 rings (SSSR count). The highest BCUT2D eigenvalue weighted by Crippen LogP contribution is 2.21. The van der Waals surface area contributed by atoms with E-state index in [2.05, 4.69) is 22.4 Å². The quantitative estimate of drug-likeness (QED) is 0.837. The molecule has 1 aliphatic rings. The van der Waals surface area contributed by atoms with Gasteiger partial charge in [0, 0.05) is 32.2 Å². The fraction of sp³-hybridized carbons (Fsp3) is 0.600. The summed E-state index contributed by atoms with van der Waals surface area (Å²) in [5.41, 5.74) is 4.26. The van der Waals surface area contributed by atoms with Crippen molar-refractivity contribution in [1.82, 2.24) is 15.3 Å². The Morgan fingerprint density at radius 2 is 1.95 bits per heavy atom. The topological polar surface area (TPSA) is 48.0 Å². The molecule has 5 heteroatoms. The fourth-order valence-corrected chi connectivity index (χ4v) is 2.41. The van der Waals surface area contributed by atoms with Crippen LogP contribution in [0.2, 0.25) is 0 Å². The number of ether oxygens (including phenoxy) is 1. The second-order valence-electron chi connectivity index (χ2n) is 5.43. The van der Waals surface area contributed by atoms with E-state index in [4.69, 9.17) is 4.74 Å². The van der Waals surface area contributed by atoms with Crippen molar-refractivity contribution in [3.8, 4) is 5.75 Å². The van der Waals surface area contributed by atoms with E-state index < -0.39 is 6.10 Å². The predicted molar refractivity (Wildman–Crippen MR) is 79.6 cm³/mol. The Bertz CT molecular complexity index is 419. The molecule has 1 saturated heterocycles. The molecule has 1 aromatic rings. The summed E-state index contributed by atoms with van der Waals surface area (Å²) >= 11 is 0. The van der Waals surface area contributed by atoms with Gasteiger partial charge in [0.2, 0.25) is 0 Å². The average Bonchev–Trinajstić information content (AvgIpc) is 2.48. The van der Waals surface area contributed by atoms with E-state index in [9.17, 15) is 5.11 Å². The van der Waals surface area contributed by atoms with Crippen LogP contribution in [0.3, 0.4) is 0 Å². The maximum Gasteiger partial charge on any atom is 0.119 e. The molecule has 2 unspecified atom stereocenters. The molecule has 1 fully saturated rings. The van der Waals surface area contributed by atoms with Crippen molar-refractivity contribution in [3.63, 3.8) is 0 Å². The van der Waals surface area contributed by atoms with Gasteiger partial charge in [-0.2, -0.15) is 0 Å². The first-order valence-corrected chi connectivity index (χ1v) is 7.12. The summed E-state index contributed by atoms with van der Waals surface area (Å²) < 4.78 is 5.20. The normalized spacial score (nSPS) is 20.6. The Balaban J connectivity index is 1.92. The molecule has 20 heavy (non-hydrogen) atoms. The molecule has 0 spiro atoms. The fourth-order valence-electron chi connectivity index (χ4n) is 2.41. The minimum Gasteiger partial charge on any atom is -0.497 e.